The summed E-state index contributed by atoms with van der Waals surface area (Å²) in [6.45, 7) is 0. The molecular formula is C64H43N5O. The maximum atomic E-state index is 7.27. The van der Waals surface area contributed by atoms with Gasteiger partial charge in [-0.15, -0.1) is 0 Å². The van der Waals surface area contributed by atoms with E-state index in [4.69, 9.17) is 14.4 Å². The van der Waals surface area contributed by atoms with Gasteiger partial charge in [0.05, 0.1) is 11.0 Å². The van der Waals surface area contributed by atoms with Crippen molar-refractivity contribution in [2.75, 3.05) is 9.80 Å². The van der Waals surface area contributed by atoms with Gasteiger partial charge in [-0.3, -0.25) is 4.57 Å². The summed E-state index contributed by atoms with van der Waals surface area (Å²) in [6, 6.07) is 91.5. The van der Waals surface area contributed by atoms with Crippen molar-refractivity contribution in [1.82, 2.24) is 14.5 Å². The number of furan rings is 1. The first-order valence-electron chi connectivity index (χ1n) is 23.6. The third-order valence-corrected chi connectivity index (χ3v) is 13.1. The molecule has 0 aliphatic rings. The van der Waals surface area contributed by atoms with Crippen LogP contribution in [0.3, 0.4) is 0 Å². The molecule has 0 N–H and O–H groups in total. The predicted molar refractivity (Wildman–Crippen MR) is 289 cm³/mol. The van der Waals surface area contributed by atoms with Gasteiger partial charge in [-0.25, -0.2) is 9.97 Å². The molecule has 0 bridgehead atoms. The summed E-state index contributed by atoms with van der Waals surface area (Å²) in [6.07, 6.45) is 0. The second kappa shape index (κ2) is 17.3. The van der Waals surface area contributed by atoms with Crippen molar-refractivity contribution in [3.8, 4) is 39.5 Å². The third-order valence-electron chi connectivity index (χ3n) is 13.1. The van der Waals surface area contributed by atoms with Gasteiger partial charge in [-0.05, 0) is 114 Å². The molecule has 0 atom stereocenters. The molecule has 0 spiro atoms. The summed E-state index contributed by atoms with van der Waals surface area (Å²) in [7, 11) is 0. The molecule has 0 unspecified atom stereocenters. The van der Waals surface area contributed by atoms with Crippen LogP contribution in [0.4, 0.5) is 34.1 Å². The average Bonchev–Trinajstić information content (AvgIpc) is 3.98. The average molecular weight is 898 g/mol. The van der Waals surface area contributed by atoms with Crippen molar-refractivity contribution in [3.05, 3.63) is 261 Å². The lowest BCUT2D eigenvalue weighted by atomic mass is 9.96. The Bertz CT molecular complexity index is 3750. The van der Waals surface area contributed by atoms with E-state index in [2.05, 4.69) is 251 Å². The van der Waals surface area contributed by atoms with Crippen molar-refractivity contribution < 1.29 is 4.42 Å². The lowest BCUT2D eigenvalue weighted by molar-refractivity contribution is 0.663. The molecule has 13 aromatic rings. The molecular weight excluding hydrogens is 855 g/mol. The van der Waals surface area contributed by atoms with Crippen LogP contribution in [0.25, 0.3) is 83.3 Å². The quantitative estimate of drug-likeness (QED) is 0.137. The van der Waals surface area contributed by atoms with Gasteiger partial charge in [-0.2, -0.15) is 0 Å². The van der Waals surface area contributed by atoms with Gasteiger partial charge in [0.25, 0.3) is 0 Å². The molecule has 0 amide bonds. The maximum Gasteiger partial charge on any atom is 0.197 e. The summed E-state index contributed by atoms with van der Waals surface area (Å²) in [5, 5.41) is 3.05. The molecule has 10 aromatic carbocycles. The van der Waals surface area contributed by atoms with Crippen LogP contribution in [0.5, 0.6) is 0 Å². The van der Waals surface area contributed by atoms with Crippen molar-refractivity contribution in [2.45, 2.75) is 0 Å². The summed E-state index contributed by atoms with van der Waals surface area (Å²) in [5.41, 5.74) is 15.5. The Morgan fingerprint density at radius 1 is 0.314 bits per heavy atom. The van der Waals surface area contributed by atoms with E-state index in [0.717, 1.165) is 100 Å². The van der Waals surface area contributed by atoms with Gasteiger partial charge in [0.1, 0.15) is 11.1 Å². The fraction of sp³-hybridized carbons (Fsp3) is 0. The van der Waals surface area contributed by atoms with Crippen LogP contribution in [0.15, 0.2) is 265 Å². The zero-order valence-electron chi connectivity index (χ0n) is 38.0. The molecule has 0 saturated heterocycles. The lowest BCUT2D eigenvalue weighted by Gasteiger charge is -2.26. The minimum absolute atomic E-state index is 0.606. The minimum atomic E-state index is 0.606. The monoisotopic (exact) mass is 897 g/mol. The molecule has 0 aliphatic heterocycles. The highest BCUT2D eigenvalue weighted by atomic mass is 16.3. The van der Waals surface area contributed by atoms with Crippen LogP contribution >= 0.6 is 0 Å². The van der Waals surface area contributed by atoms with Crippen LogP contribution in [-0.4, -0.2) is 14.5 Å². The Morgan fingerprint density at radius 2 is 0.729 bits per heavy atom. The number of rotatable bonds is 10. The van der Waals surface area contributed by atoms with Crippen LogP contribution in [0.1, 0.15) is 0 Å². The number of fused-ring (bicyclic) bond motifs is 6. The number of hydrogen-bond acceptors (Lipinski definition) is 5. The first-order chi connectivity index (χ1) is 34.7. The fourth-order valence-corrected chi connectivity index (χ4v) is 9.94. The van der Waals surface area contributed by atoms with Gasteiger partial charge >= 0.3 is 0 Å². The highest BCUT2D eigenvalue weighted by Gasteiger charge is 2.26. The predicted octanol–water partition coefficient (Wildman–Crippen LogP) is 17.4. The number of hydrogen-bond donors (Lipinski definition) is 0. The van der Waals surface area contributed by atoms with Crippen LogP contribution in [0.2, 0.25) is 0 Å². The number of nitrogens with zero attached hydrogens (tertiary/aromatic N) is 5. The molecule has 330 valence electrons. The molecule has 0 aliphatic carbocycles. The van der Waals surface area contributed by atoms with Gasteiger partial charge < -0.3 is 14.2 Å². The zero-order valence-corrected chi connectivity index (χ0v) is 38.0. The van der Waals surface area contributed by atoms with Crippen LogP contribution < -0.4 is 9.80 Å². The zero-order chi connectivity index (χ0) is 46.4. The standard InChI is InChI=1S/C64H43N5O/c1-8-22-44(23-9-1)47-40-54(45-24-10-2-11-25-45)61-57(41-47)60-62(70-61)64(66-63(65-60)46-26-12-3-13-27-46)69-58-38-36-52(67(48-28-14-4-15-29-48)49-30-16-5-17-31-49)42-55(58)56-43-53(37-39-59(56)69)68(50-32-18-6-19-33-50)51-34-20-7-21-35-51/h1-43H. The maximum absolute atomic E-state index is 7.27. The topological polar surface area (TPSA) is 50.3 Å². The molecule has 6 heteroatoms. The highest BCUT2D eigenvalue weighted by molar-refractivity contribution is 6.15. The van der Waals surface area contributed by atoms with E-state index in [1.807, 2.05) is 24.3 Å². The Hall–Kier alpha value is -9.52. The molecule has 3 heterocycles. The first kappa shape index (κ1) is 40.7. The first-order valence-corrected chi connectivity index (χ1v) is 23.6. The Morgan fingerprint density at radius 3 is 1.19 bits per heavy atom. The van der Waals surface area contributed by atoms with Gasteiger partial charge in [-0.1, -0.05) is 164 Å². The second-order valence-electron chi connectivity index (χ2n) is 17.4. The van der Waals surface area contributed by atoms with E-state index >= 15 is 0 Å². The molecule has 0 fully saturated rings. The summed E-state index contributed by atoms with van der Waals surface area (Å²) in [5.74, 6) is 1.27. The normalized spacial score (nSPS) is 11.4. The Balaban J connectivity index is 1.13. The van der Waals surface area contributed by atoms with E-state index in [0.29, 0.717) is 17.2 Å². The van der Waals surface area contributed by atoms with Gasteiger partial charge in [0.2, 0.25) is 0 Å². The number of para-hydroxylation sites is 4. The largest absolute Gasteiger partial charge is 0.450 e. The van der Waals surface area contributed by atoms with E-state index in [9.17, 15) is 0 Å². The van der Waals surface area contributed by atoms with E-state index in [-0.39, 0.29) is 0 Å². The van der Waals surface area contributed by atoms with Crippen LogP contribution in [-0.2, 0) is 0 Å². The van der Waals surface area contributed by atoms with E-state index in [1.165, 1.54) is 0 Å². The summed E-state index contributed by atoms with van der Waals surface area (Å²) in [4.78, 5) is 15.6. The second-order valence-corrected chi connectivity index (χ2v) is 17.4. The molecule has 0 saturated carbocycles. The van der Waals surface area contributed by atoms with Crippen molar-refractivity contribution in [2.24, 2.45) is 0 Å². The smallest absolute Gasteiger partial charge is 0.197 e. The lowest BCUT2D eigenvalue weighted by Crippen LogP contribution is -2.09. The fourth-order valence-electron chi connectivity index (χ4n) is 9.94. The third kappa shape index (κ3) is 7.14. The molecule has 70 heavy (non-hydrogen) atoms. The van der Waals surface area contributed by atoms with E-state index < -0.39 is 0 Å². The minimum Gasteiger partial charge on any atom is -0.450 e. The van der Waals surface area contributed by atoms with Crippen molar-refractivity contribution in [3.63, 3.8) is 0 Å². The molecule has 0 radical (unpaired) electrons. The van der Waals surface area contributed by atoms with Crippen LogP contribution in [0, 0.1) is 0 Å². The highest BCUT2D eigenvalue weighted by Crippen LogP contribution is 2.46. The number of anilines is 6. The van der Waals surface area contributed by atoms with Gasteiger partial charge in [0, 0.05) is 61.4 Å². The Labute approximate surface area is 405 Å². The van der Waals surface area contributed by atoms with E-state index in [1.54, 1.807) is 0 Å². The van der Waals surface area contributed by atoms with Gasteiger partial charge in [0.15, 0.2) is 17.2 Å². The summed E-state index contributed by atoms with van der Waals surface area (Å²) >= 11 is 0. The number of benzene rings is 10. The van der Waals surface area contributed by atoms with Crippen molar-refractivity contribution in [1.29, 1.82) is 0 Å². The molecule has 6 nitrogen and oxygen atoms in total. The SMILES string of the molecule is c1ccc(-c2cc(-c3ccccc3)c3oc4c(-n5c6ccc(N(c7ccccc7)c7ccccc7)cc6c6cc(N(c7ccccc7)c7ccccc7)ccc65)nc(-c5ccccc5)nc4c3c2)cc1. The van der Waals surface area contributed by atoms with Crippen molar-refractivity contribution >= 4 is 78.0 Å². The Kier molecular flexibility index (Phi) is 10.1. The molecule has 13 rings (SSSR count). The molecule has 3 aromatic heterocycles. The summed E-state index contributed by atoms with van der Waals surface area (Å²) < 4.78 is 9.55. The number of aromatic nitrogens is 3.